The van der Waals surface area contributed by atoms with Gasteiger partial charge in [0, 0.05) is 19.0 Å². The van der Waals surface area contributed by atoms with Crippen molar-refractivity contribution < 1.29 is 9.47 Å². The van der Waals surface area contributed by atoms with E-state index in [1.54, 1.807) is 14.2 Å². The number of anilines is 1. The van der Waals surface area contributed by atoms with Gasteiger partial charge in [0.1, 0.15) is 17.2 Å². The molecule has 0 radical (unpaired) electrons. The van der Waals surface area contributed by atoms with E-state index in [4.69, 9.17) is 20.3 Å². The summed E-state index contributed by atoms with van der Waals surface area (Å²) in [6, 6.07) is 16.1. The van der Waals surface area contributed by atoms with Crippen molar-refractivity contribution in [3.8, 4) is 11.5 Å². The smallest absolute Gasteiger partial charge is 0.144 e. The molecular formula is C18H21N3O2. The van der Waals surface area contributed by atoms with Crippen LogP contribution in [0, 0.1) is 0 Å². The van der Waals surface area contributed by atoms with Crippen molar-refractivity contribution in [3.63, 3.8) is 0 Å². The molecule has 5 nitrogen and oxygen atoms in total. The van der Waals surface area contributed by atoms with Crippen molar-refractivity contribution in [2.24, 2.45) is 10.8 Å². The Hall–Kier alpha value is -2.53. The van der Waals surface area contributed by atoms with Crippen LogP contribution in [0.15, 0.2) is 53.6 Å². The molecule has 1 heterocycles. The van der Waals surface area contributed by atoms with E-state index in [0.717, 1.165) is 29.3 Å². The Balaban J connectivity index is 2.05. The minimum absolute atomic E-state index is 0.107. The number of rotatable bonds is 5. The first-order chi connectivity index (χ1) is 11.3. The lowest BCUT2D eigenvalue weighted by Gasteiger charge is -2.26. The molecule has 1 aliphatic rings. The SMILES string of the molecule is COc1ccc(OC)c(N2N=C(CN)CC2c2ccccc2)c1. The van der Waals surface area contributed by atoms with E-state index in [1.807, 2.05) is 41.4 Å². The maximum Gasteiger partial charge on any atom is 0.144 e. The van der Waals surface area contributed by atoms with Gasteiger partial charge < -0.3 is 15.2 Å². The number of benzene rings is 2. The van der Waals surface area contributed by atoms with Gasteiger partial charge in [0.05, 0.1) is 26.0 Å². The van der Waals surface area contributed by atoms with Crippen LogP contribution in [0.25, 0.3) is 0 Å². The minimum atomic E-state index is 0.107. The second-order valence-electron chi connectivity index (χ2n) is 5.38. The first-order valence-corrected chi connectivity index (χ1v) is 7.59. The molecule has 0 amide bonds. The van der Waals surface area contributed by atoms with Crippen LogP contribution >= 0.6 is 0 Å². The molecular weight excluding hydrogens is 290 g/mol. The predicted molar refractivity (Wildman–Crippen MR) is 92.3 cm³/mol. The van der Waals surface area contributed by atoms with Crippen LogP contribution in [-0.2, 0) is 0 Å². The Kier molecular flexibility index (Phi) is 4.48. The maximum atomic E-state index is 5.83. The fourth-order valence-electron chi connectivity index (χ4n) is 2.83. The van der Waals surface area contributed by atoms with Crippen molar-refractivity contribution >= 4 is 11.4 Å². The van der Waals surface area contributed by atoms with Crippen molar-refractivity contribution in [2.45, 2.75) is 12.5 Å². The van der Waals surface area contributed by atoms with Crippen LogP contribution in [0.1, 0.15) is 18.0 Å². The number of ether oxygens (including phenoxy) is 2. The maximum absolute atomic E-state index is 5.83. The Bertz CT molecular complexity index is 701. The number of nitrogens with zero attached hydrogens (tertiary/aromatic N) is 2. The lowest BCUT2D eigenvalue weighted by Crippen LogP contribution is -2.19. The Morgan fingerprint density at radius 2 is 1.91 bits per heavy atom. The molecule has 0 spiro atoms. The topological polar surface area (TPSA) is 60.1 Å². The summed E-state index contributed by atoms with van der Waals surface area (Å²) in [7, 11) is 3.31. The zero-order valence-corrected chi connectivity index (χ0v) is 13.4. The number of hydrogen-bond donors (Lipinski definition) is 1. The first kappa shape index (κ1) is 15.4. The molecule has 2 N–H and O–H groups in total. The lowest BCUT2D eigenvalue weighted by molar-refractivity contribution is 0.402. The summed E-state index contributed by atoms with van der Waals surface area (Å²) in [5.41, 5.74) is 8.88. The van der Waals surface area contributed by atoms with Crippen molar-refractivity contribution in [3.05, 3.63) is 54.1 Å². The van der Waals surface area contributed by atoms with Crippen molar-refractivity contribution in [1.82, 2.24) is 0 Å². The summed E-state index contributed by atoms with van der Waals surface area (Å²) >= 11 is 0. The standard InChI is InChI=1S/C18H21N3O2/c1-22-15-8-9-18(23-2)17(11-15)21-16(10-14(12-19)20-21)13-6-4-3-5-7-13/h3-9,11,16H,10,12,19H2,1-2H3. The molecule has 120 valence electrons. The van der Waals surface area contributed by atoms with Gasteiger partial charge in [-0.1, -0.05) is 30.3 Å². The largest absolute Gasteiger partial charge is 0.497 e. The van der Waals surface area contributed by atoms with Crippen LogP contribution < -0.4 is 20.2 Å². The van der Waals surface area contributed by atoms with Gasteiger partial charge in [0.2, 0.25) is 0 Å². The van der Waals surface area contributed by atoms with E-state index in [9.17, 15) is 0 Å². The molecule has 5 heteroatoms. The van der Waals surface area contributed by atoms with E-state index in [2.05, 4.69) is 12.1 Å². The van der Waals surface area contributed by atoms with Gasteiger partial charge in [-0.05, 0) is 17.7 Å². The van der Waals surface area contributed by atoms with E-state index in [0.29, 0.717) is 6.54 Å². The number of nitrogens with two attached hydrogens (primary N) is 1. The van der Waals surface area contributed by atoms with Crippen molar-refractivity contribution in [1.29, 1.82) is 0 Å². The fraction of sp³-hybridized carbons (Fsp3) is 0.278. The third kappa shape index (κ3) is 3.00. The number of hydrazone groups is 1. The second-order valence-corrected chi connectivity index (χ2v) is 5.38. The minimum Gasteiger partial charge on any atom is -0.497 e. The first-order valence-electron chi connectivity index (χ1n) is 7.59. The highest BCUT2D eigenvalue weighted by atomic mass is 16.5. The Morgan fingerprint density at radius 1 is 1.13 bits per heavy atom. The second kappa shape index (κ2) is 6.71. The molecule has 0 aromatic heterocycles. The van der Waals surface area contributed by atoms with Crippen LogP contribution in [0.3, 0.4) is 0 Å². The predicted octanol–water partition coefficient (Wildman–Crippen LogP) is 2.97. The van der Waals surface area contributed by atoms with E-state index < -0.39 is 0 Å². The Labute approximate surface area is 136 Å². The van der Waals surface area contributed by atoms with Gasteiger partial charge in [-0.15, -0.1) is 0 Å². The van der Waals surface area contributed by atoms with Crippen LogP contribution in [-0.4, -0.2) is 26.5 Å². The highest BCUT2D eigenvalue weighted by molar-refractivity contribution is 5.91. The van der Waals surface area contributed by atoms with Gasteiger partial charge in [-0.2, -0.15) is 5.10 Å². The van der Waals surface area contributed by atoms with Gasteiger partial charge in [-0.25, -0.2) is 0 Å². The zero-order valence-electron chi connectivity index (χ0n) is 13.4. The number of methoxy groups -OCH3 is 2. The monoisotopic (exact) mass is 311 g/mol. The van der Waals surface area contributed by atoms with Gasteiger partial charge >= 0.3 is 0 Å². The molecule has 1 aliphatic heterocycles. The summed E-state index contributed by atoms with van der Waals surface area (Å²) in [5, 5.41) is 6.69. The molecule has 1 atom stereocenters. The molecule has 0 saturated heterocycles. The van der Waals surface area contributed by atoms with Crippen LogP contribution in [0.5, 0.6) is 11.5 Å². The normalized spacial score (nSPS) is 17.1. The Morgan fingerprint density at radius 3 is 2.57 bits per heavy atom. The molecule has 2 aromatic rings. The quantitative estimate of drug-likeness (QED) is 0.922. The summed E-state index contributed by atoms with van der Waals surface area (Å²) in [6.45, 7) is 0.451. The average molecular weight is 311 g/mol. The summed E-state index contributed by atoms with van der Waals surface area (Å²) < 4.78 is 10.9. The van der Waals surface area contributed by atoms with Crippen LogP contribution in [0.4, 0.5) is 5.69 Å². The molecule has 0 bridgehead atoms. The number of hydrogen-bond acceptors (Lipinski definition) is 5. The molecule has 0 saturated carbocycles. The molecule has 0 fully saturated rings. The molecule has 2 aromatic carbocycles. The highest BCUT2D eigenvalue weighted by Gasteiger charge is 2.30. The third-order valence-corrected chi connectivity index (χ3v) is 4.03. The molecule has 3 rings (SSSR count). The van der Waals surface area contributed by atoms with Gasteiger partial charge in [-0.3, -0.25) is 5.01 Å². The lowest BCUT2D eigenvalue weighted by atomic mass is 10.0. The summed E-state index contributed by atoms with van der Waals surface area (Å²) in [5.74, 6) is 1.53. The third-order valence-electron chi connectivity index (χ3n) is 4.03. The molecule has 0 aliphatic carbocycles. The summed E-state index contributed by atoms with van der Waals surface area (Å²) in [4.78, 5) is 0. The summed E-state index contributed by atoms with van der Waals surface area (Å²) in [6.07, 6.45) is 0.806. The van der Waals surface area contributed by atoms with E-state index in [-0.39, 0.29) is 6.04 Å². The van der Waals surface area contributed by atoms with E-state index in [1.165, 1.54) is 5.56 Å². The zero-order chi connectivity index (χ0) is 16.2. The van der Waals surface area contributed by atoms with Gasteiger partial charge in [0.15, 0.2) is 0 Å². The average Bonchev–Trinajstić information content (AvgIpc) is 3.06. The fourth-order valence-corrected chi connectivity index (χ4v) is 2.83. The van der Waals surface area contributed by atoms with E-state index >= 15 is 0 Å². The van der Waals surface area contributed by atoms with Crippen molar-refractivity contribution in [2.75, 3.05) is 25.8 Å². The van der Waals surface area contributed by atoms with Crippen LogP contribution in [0.2, 0.25) is 0 Å². The highest BCUT2D eigenvalue weighted by Crippen LogP contribution is 2.41. The molecule has 23 heavy (non-hydrogen) atoms. The van der Waals surface area contributed by atoms with Gasteiger partial charge in [0.25, 0.3) is 0 Å². The molecule has 1 unspecified atom stereocenters.